The van der Waals surface area contributed by atoms with Gasteiger partial charge in [0.25, 0.3) is 5.91 Å². The van der Waals surface area contributed by atoms with Crippen LogP contribution in [0.5, 0.6) is 5.75 Å². The van der Waals surface area contributed by atoms with E-state index in [4.69, 9.17) is 22.9 Å². The summed E-state index contributed by atoms with van der Waals surface area (Å²) in [6.07, 6.45) is 0.702. The number of benzene rings is 2. The van der Waals surface area contributed by atoms with Gasteiger partial charge in [-0.1, -0.05) is 49.2 Å². The zero-order chi connectivity index (χ0) is 18.9. The zero-order valence-electron chi connectivity index (χ0n) is 15.0. The van der Waals surface area contributed by atoms with E-state index in [1.807, 2.05) is 31.2 Å². The number of nitrogens with one attached hydrogen (secondary N) is 1. The van der Waals surface area contributed by atoms with Crippen LogP contribution in [0.3, 0.4) is 0 Å². The largest absolute Gasteiger partial charge is 0.490 e. The van der Waals surface area contributed by atoms with Crippen molar-refractivity contribution in [1.29, 1.82) is 0 Å². The second-order valence-corrected chi connectivity index (χ2v) is 7.69. The number of amides is 1. The van der Waals surface area contributed by atoms with Crippen molar-refractivity contribution in [1.82, 2.24) is 5.32 Å². The summed E-state index contributed by atoms with van der Waals surface area (Å²) in [5.41, 5.74) is 2.00. The Morgan fingerprint density at radius 3 is 2.54 bits per heavy atom. The molecule has 5 heteroatoms. The van der Waals surface area contributed by atoms with Crippen molar-refractivity contribution in [3.05, 3.63) is 70.0 Å². The maximum Gasteiger partial charge on any atom is 0.251 e. The van der Waals surface area contributed by atoms with Crippen LogP contribution in [-0.2, 0) is 0 Å². The zero-order valence-corrected chi connectivity index (χ0v) is 15.8. The van der Waals surface area contributed by atoms with Crippen LogP contribution in [0.25, 0.3) is 4.85 Å². The summed E-state index contributed by atoms with van der Waals surface area (Å²) in [5.74, 6) is 0.578. The fourth-order valence-electron chi connectivity index (χ4n) is 3.09. The van der Waals surface area contributed by atoms with E-state index in [1.165, 1.54) is 0 Å². The molecule has 0 saturated heterocycles. The molecule has 2 aromatic carbocycles. The lowest BCUT2D eigenvalue weighted by atomic mass is 9.64. The normalized spacial score (nSPS) is 20.6. The van der Waals surface area contributed by atoms with Gasteiger partial charge in [-0.2, -0.15) is 0 Å². The molecule has 1 aliphatic rings. The first-order chi connectivity index (χ1) is 12.3. The average molecular weight is 369 g/mol. The molecule has 1 saturated carbocycles. The molecule has 0 aromatic heterocycles. The summed E-state index contributed by atoms with van der Waals surface area (Å²) < 4.78 is 6.04. The number of nitrogens with zero attached hydrogens (tertiary/aromatic N) is 1. The Hall–Kier alpha value is -2.51. The van der Waals surface area contributed by atoms with Crippen LogP contribution in [0.2, 0.25) is 5.02 Å². The summed E-state index contributed by atoms with van der Waals surface area (Å²) in [7, 11) is 0. The second-order valence-electron chi connectivity index (χ2n) is 7.28. The molecule has 0 unspecified atom stereocenters. The van der Waals surface area contributed by atoms with Crippen LogP contribution in [0.1, 0.15) is 36.2 Å². The predicted molar refractivity (Wildman–Crippen MR) is 103 cm³/mol. The molecule has 1 fully saturated rings. The van der Waals surface area contributed by atoms with E-state index in [2.05, 4.69) is 24.0 Å². The standard InChI is InChI=1S/C21H21ClN2O2/c1-13-5-7-14(8-6-13)20(25)24-18-12-19(21(18,2)3)26-15-9-10-17(23-4)16(22)11-15/h5-11,18-19H,12H2,1-3H3,(H,24,25)/t18-,19-/m0/s1. The van der Waals surface area contributed by atoms with E-state index in [-0.39, 0.29) is 23.5 Å². The molecule has 1 N–H and O–H groups in total. The topological polar surface area (TPSA) is 42.7 Å². The summed E-state index contributed by atoms with van der Waals surface area (Å²) in [4.78, 5) is 15.8. The molecule has 134 valence electrons. The van der Waals surface area contributed by atoms with Gasteiger partial charge < -0.3 is 10.1 Å². The Kier molecular flexibility index (Phi) is 4.93. The number of hydrogen-bond donors (Lipinski definition) is 1. The first-order valence-corrected chi connectivity index (χ1v) is 8.90. The lowest BCUT2D eigenvalue weighted by Gasteiger charge is -2.51. The smallest absolute Gasteiger partial charge is 0.251 e. The van der Waals surface area contributed by atoms with E-state index in [0.29, 0.717) is 22.0 Å². The van der Waals surface area contributed by atoms with Crippen molar-refractivity contribution in [2.75, 3.05) is 0 Å². The minimum Gasteiger partial charge on any atom is -0.490 e. The number of carbonyl (C=O) groups excluding carboxylic acids is 1. The van der Waals surface area contributed by atoms with Crippen molar-refractivity contribution in [3.63, 3.8) is 0 Å². The maximum absolute atomic E-state index is 12.4. The van der Waals surface area contributed by atoms with Gasteiger partial charge in [0.2, 0.25) is 5.69 Å². The van der Waals surface area contributed by atoms with Crippen molar-refractivity contribution >= 4 is 23.2 Å². The quantitative estimate of drug-likeness (QED) is 0.756. The molecule has 0 spiro atoms. The number of aryl methyl sites for hydroxylation is 1. The van der Waals surface area contributed by atoms with Crippen LogP contribution in [0.4, 0.5) is 5.69 Å². The van der Waals surface area contributed by atoms with Crippen molar-refractivity contribution < 1.29 is 9.53 Å². The highest BCUT2D eigenvalue weighted by atomic mass is 35.5. The first kappa shape index (κ1) is 18.3. The van der Waals surface area contributed by atoms with Gasteiger partial charge in [-0.25, -0.2) is 4.85 Å². The van der Waals surface area contributed by atoms with E-state index in [9.17, 15) is 4.79 Å². The van der Waals surface area contributed by atoms with Crippen molar-refractivity contribution in [3.8, 4) is 5.75 Å². The molecule has 2 aromatic rings. The molecule has 26 heavy (non-hydrogen) atoms. The Morgan fingerprint density at radius 2 is 1.96 bits per heavy atom. The van der Waals surface area contributed by atoms with E-state index in [1.54, 1.807) is 18.2 Å². The van der Waals surface area contributed by atoms with Crippen molar-refractivity contribution in [2.24, 2.45) is 5.41 Å². The lowest BCUT2D eigenvalue weighted by Crippen LogP contribution is -2.63. The number of halogens is 1. The molecule has 3 rings (SSSR count). The lowest BCUT2D eigenvalue weighted by molar-refractivity contribution is -0.0515. The van der Waals surface area contributed by atoms with Gasteiger partial charge in [0.15, 0.2) is 0 Å². The number of ether oxygens (including phenoxy) is 1. The fourth-order valence-corrected chi connectivity index (χ4v) is 3.31. The number of hydrogen-bond acceptors (Lipinski definition) is 2. The van der Waals surface area contributed by atoms with Gasteiger partial charge in [-0.05, 0) is 31.2 Å². The van der Waals surface area contributed by atoms with Crippen LogP contribution in [0, 0.1) is 18.9 Å². The molecule has 0 heterocycles. The van der Waals surface area contributed by atoms with Crippen LogP contribution < -0.4 is 10.1 Å². The Bertz CT molecular complexity index is 869. The third-order valence-corrected chi connectivity index (χ3v) is 5.42. The second kappa shape index (κ2) is 7.01. The fraction of sp³-hybridized carbons (Fsp3) is 0.333. The van der Waals surface area contributed by atoms with Crippen LogP contribution in [0.15, 0.2) is 42.5 Å². The van der Waals surface area contributed by atoms with Gasteiger partial charge in [0.1, 0.15) is 11.9 Å². The van der Waals surface area contributed by atoms with Gasteiger partial charge in [-0.3, -0.25) is 4.79 Å². The molecule has 2 atom stereocenters. The third-order valence-electron chi connectivity index (χ3n) is 5.11. The molecular formula is C21H21ClN2O2. The summed E-state index contributed by atoms with van der Waals surface area (Å²) in [6.45, 7) is 13.2. The maximum atomic E-state index is 12.4. The highest BCUT2D eigenvalue weighted by Gasteiger charge is 2.50. The molecule has 0 aliphatic heterocycles. The number of rotatable bonds is 4. The highest BCUT2D eigenvalue weighted by molar-refractivity contribution is 6.33. The predicted octanol–water partition coefficient (Wildman–Crippen LogP) is 5.18. The molecule has 0 bridgehead atoms. The molecular weight excluding hydrogens is 348 g/mol. The summed E-state index contributed by atoms with van der Waals surface area (Å²) in [5, 5.41) is 3.49. The first-order valence-electron chi connectivity index (χ1n) is 8.52. The summed E-state index contributed by atoms with van der Waals surface area (Å²) >= 11 is 6.07. The Labute approximate surface area is 158 Å². The van der Waals surface area contributed by atoms with Gasteiger partial charge in [0.05, 0.1) is 11.6 Å². The summed E-state index contributed by atoms with van der Waals surface area (Å²) in [6, 6.07) is 12.7. The van der Waals surface area contributed by atoms with E-state index >= 15 is 0 Å². The van der Waals surface area contributed by atoms with E-state index < -0.39 is 0 Å². The minimum absolute atomic E-state index is 0.0272. The molecule has 1 amide bonds. The van der Waals surface area contributed by atoms with Gasteiger partial charge >= 0.3 is 0 Å². The van der Waals surface area contributed by atoms with Crippen LogP contribution >= 0.6 is 11.6 Å². The average Bonchev–Trinajstić information content (AvgIpc) is 2.61. The van der Waals surface area contributed by atoms with Crippen molar-refractivity contribution in [2.45, 2.75) is 39.3 Å². The van der Waals surface area contributed by atoms with Gasteiger partial charge in [-0.15, -0.1) is 0 Å². The number of carbonyl (C=O) groups is 1. The highest BCUT2D eigenvalue weighted by Crippen LogP contribution is 2.44. The SMILES string of the molecule is [C-]#[N+]c1ccc(O[C@H]2C[C@H](NC(=O)c3ccc(C)cc3)C2(C)C)cc1Cl. The Balaban J connectivity index is 1.62. The molecule has 0 radical (unpaired) electrons. The molecule has 1 aliphatic carbocycles. The van der Waals surface area contributed by atoms with Gasteiger partial charge in [0, 0.05) is 23.4 Å². The Morgan fingerprint density at radius 1 is 1.27 bits per heavy atom. The monoisotopic (exact) mass is 368 g/mol. The molecule has 4 nitrogen and oxygen atoms in total. The van der Waals surface area contributed by atoms with Crippen LogP contribution in [-0.4, -0.2) is 18.1 Å². The van der Waals surface area contributed by atoms with E-state index in [0.717, 1.165) is 12.0 Å². The minimum atomic E-state index is -0.203. The third kappa shape index (κ3) is 3.54.